The number of amides is 1. The molecule has 1 amide bonds. The average Bonchev–Trinajstić information content (AvgIpc) is 2.69. The molecule has 2 aromatic rings. The molecule has 28 heavy (non-hydrogen) atoms. The van der Waals surface area contributed by atoms with Crippen molar-refractivity contribution in [3.8, 4) is 11.5 Å². The maximum atomic E-state index is 13.7. The molecule has 0 spiro atoms. The van der Waals surface area contributed by atoms with Gasteiger partial charge in [0, 0.05) is 31.1 Å². The van der Waals surface area contributed by atoms with Crippen molar-refractivity contribution < 1.29 is 33.4 Å². The number of hydrogen-bond acceptors (Lipinski definition) is 5. The van der Waals surface area contributed by atoms with Gasteiger partial charge in [-0.25, -0.2) is 9.18 Å². The maximum Gasteiger partial charge on any atom is 0.341 e. The molecule has 0 saturated carbocycles. The fourth-order valence-corrected chi connectivity index (χ4v) is 2.43. The zero-order valence-corrected chi connectivity index (χ0v) is 15.5. The molecule has 0 heterocycles. The van der Waals surface area contributed by atoms with Crippen LogP contribution in [0, 0.1) is 5.82 Å². The molecule has 0 aliphatic rings. The minimum absolute atomic E-state index is 0.0414. The van der Waals surface area contributed by atoms with Gasteiger partial charge in [-0.2, -0.15) is 0 Å². The minimum atomic E-state index is -1.09. The Bertz CT molecular complexity index is 865. The first-order valence-corrected chi connectivity index (χ1v) is 8.39. The molecule has 0 unspecified atom stereocenters. The number of carboxylic acid groups (broad SMARTS) is 1. The van der Waals surface area contributed by atoms with Gasteiger partial charge in [0.1, 0.15) is 5.75 Å². The molecule has 0 aromatic heterocycles. The summed E-state index contributed by atoms with van der Waals surface area (Å²) in [6.45, 7) is -0.456. The van der Waals surface area contributed by atoms with Gasteiger partial charge >= 0.3 is 5.97 Å². The summed E-state index contributed by atoms with van der Waals surface area (Å²) in [5.74, 6) is -1.95. The number of Topliss-reactive ketones (excluding diaryl/α,β-unsaturated/α-hetero) is 1. The molecule has 0 saturated heterocycles. The molecule has 0 aliphatic heterocycles. The zero-order chi connectivity index (χ0) is 20.7. The number of nitrogens with zero attached hydrogens (tertiary/aromatic N) is 1. The van der Waals surface area contributed by atoms with Crippen molar-refractivity contribution in [1.82, 2.24) is 0 Å². The van der Waals surface area contributed by atoms with Gasteiger partial charge in [0.2, 0.25) is 5.91 Å². The third-order valence-corrected chi connectivity index (χ3v) is 4.00. The molecule has 0 atom stereocenters. The summed E-state index contributed by atoms with van der Waals surface area (Å²) < 4.78 is 23.5. The van der Waals surface area contributed by atoms with E-state index in [1.165, 1.54) is 24.1 Å². The molecule has 7 nitrogen and oxygen atoms in total. The SMILES string of the molecule is COc1ccc(C(=O)CCC(=O)N(C)c2ccc(OCC(=O)O)cc2)cc1F. The van der Waals surface area contributed by atoms with E-state index in [4.69, 9.17) is 14.6 Å². The van der Waals surface area contributed by atoms with E-state index >= 15 is 0 Å². The molecule has 0 bridgehead atoms. The fourth-order valence-electron chi connectivity index (χ4n) is 2.43. The second-order valence-electron chi connectivity index (χ2n) is 5.90. The quantitative estimate of drug-likeness (QED) is 0.663. The van der Waals surface area contributed by atoms with Crippen molar-refractivity contribution >= 4 is 23.3 Å². The molecule has 148 valence electrons. The Morgan fingerprint density at radius 3 is 2.32 bits per heavy atom. The zero-order valence-electron chi connectivity index (χ0n) is 15.5. The van der Waals surface area contributed by atoms with Crippen LogP contribution in [0.2, 0.25) is 0 Å². The molecule has 8 heteroatoms. The Morgan fingerprint density at radius 1 is 1.07 bits per heavy atom. The number of rotatable bonds is 9. The predicted octanol–water partition coefficient (Wildman–Crippen LogP) is 2.92. The lowest BCUT2D eigenvalue weighted by Gasteiger charge is -2.17. The fraction of sp³-hybridized carbons (Fsp3) is 0.250. The summed E-state index contributed by atoms with van der Waals surface area (Å²) in [7, 11) is 2.90. The summed E-state index contributed by atoms with van der Waals surface area (Å²) in [5.41, 5.74) is 0.740. The van der Waals surface area contributed by atoms with Gasteiger partial charge in [0.05, 0.1) is 7.11 Å². The number of hydrogen-bond donors (Lipinski definition) is 1. The highest BCUT2D eigenvalue weighted by atomic mass is 19.1. The van der Waals surface area contributed by atoms with Gasteiger partial charge in [-0.3, -0.25) is 9.59 Å². The number of aliphatic carboxylic acids is 1. The standard InChI is InChI=1S/C20H20FNO6/c1-22(14-4-6-15(7-5-14)28-12-20(25)26)19(24)10-8-17(23)13-3-9-18(27-2)16(21)11-13/h3-7,9,11H,8,10,12H2,1-2H3,(H,25,26). The second-order valence-corrected chi connectivity index (χ2v) is 5.90. The largest absolute Gasteiger partial charge is 0.494 e. The molecular weight excluding hydrogens is 369 g/mol. The minimum Gasteiger partial charge on any atom is -0.494 e. The Morgan fingerprint density at radius 2 is 1.75 bits per heavy atom. The van der Waals surface area contributed by atoms with Crippen molar-refractivity contribution in [3.05, 3.63) is 53.8 Å². The van der Waals surface area contributed by atoms with Crippen molar-refractivity contribution in [3.63, 3.8) is 0 Å². The molecule has 1 N–H and O–H groups in total. The molecular formula is C20H20FNO6. The van der Waals surface area contributed by atoms with E-state index in [9.17, 15) is 18.8 Å². The maximum absolute atomic E-state index is 13.7. The van der Waals surface area contributed by atoms with Gasteiger partial charge in [-0.05, 0) is 42.5 Å². The van der Waals surface area contributed by atoms with Crippen molar-refractivity contribution in [2.45, 2.75) is 12.8 Å². The van der Waals surface area contributed by atoms with Gasteiger partial charge in [-0.15, -0.1) is 0 Å². The van der Waals surface area contributed by atoms with Crippen LogP contribution in [-0.2, 0) is 9.59 Å². The van der Waals surface area contributed by atoms with Crippen LogP contribution in [0.25, 0.3) is 0 Å². The van der Waals surface area contributed by atoms with Crippen LogP contribution in [0.5, 0.6) is 11.5 Å². The van der Waals surface area contributed by atoms with Gasteiger partial charge < -0.3 is 19.5 Å². The van der Waals surface area contributed by atoms with Gasteiger partial charge in [-0.1, -0.05) is 0 Å². The number of carboxylic acids is 1. The number of carbonyl (C=O) groups excluding carboxylic acids is 2. The highest BCUT2D eigenvalue weighted by Gasteiger charge is 2.15. The molecule has 0 radical (unpaired) electrons. The van der Waals surface area contributed by atoms with E-state index in [1.807, 2.05) is 0 Å². The molecule has 2 rings (SSSR count). The number of ketones is 1. The second kappa shape index (κ2) is 9.50. The van der Waals surface area contributed by atoms with Crippen LogP contribution in [0.15, 0.2) is 42.5 Å². The first-order valence-electron chi connectivity index (χ1n) is 8.39. The molecule has 2 aromatic carbocycles. The lowest BCUT2D eigenvalue weighted by molar-refractivity contribution is -0.139. The highest BCUT2D eigenvalue weighted by molar-refractivity contribution is 6.00. The topological polar surface area (TPSA) is 93.1 Å². The van der Waals surface area contributed by atoms with Gasteiger partial charge in [0.15, 0.2) is 24.0 Å². The van der Waals surface area contributed by atoms with Crippen LogP contribution >= 0.6 is 0 Å². The van der Waals surface area contributed by atoms with Crippen LogP contribution in [-0.4, -0.2) is 43.5 Å². The van der Waals surface area contributed by atoms with E-state index in [2.05, 4.69) is 0 Å². The summed E-state index contributed by atoms with van der Waals surface area (Å²) in [6, 6.07) is 10.2. The Labute approximate surface area is 161 Å². The van der Waals surface area contributed by atoms with Crippen LogP contribution < -0.4 is 14.4 Å². The number of halogens is 1. The normalized spacial score (nSPS) is 10.2. The lowest BCUT2D eigenvalue weighted by atomic mass is 10.1. The summed E-state index contributed by atoms with van der Waals surface area (Å²) in [4.78, 5) is 36.4. The van der Waals surface area contributed by atoms with Crippen LogP contribution in [0.4, 0.5) is 10.1 Å². The first-order chi connectivity index (χ1) is 13.3. The van der Waals surface area contributed by atoms with E-state index < -0.39 is 18.4 Å². The van der Waals surface area contributed by atoms with Crippen molar-refractivity contribution in [1.29, 1.82) is 0 Å². The smallest absolute Gasteiger partial charge is 0.341 e. The van der Waals surface area contributed by atoms with Crippen molar-refractivity contribution in [2.24, 2.45) is 0 Å². The summed E-state index contributed by atoms with van der Waals surface area (Å²) >= 11 is 0. The molecule has 0 fully saturated rings. The third-order valence-electron chi connectivity index (χ3n) is 4.00. The number of ether oxygens (including phenoxy) is 2. The number of anilines is 1. The van der Waals surface area contributed by atoms with E-state index in [0.717, 1.165) is 6.07 Å². The average molecular weight is 389 g/mol. The number of carbonyl (C=O) groups is 3. The summed E-state index contributed by atoms with van der Waals surface area (Å²) in [6.07, 6.45) is -0.102. The highest BCUT2D eigenvalue weighted by Crippen LogP contribution is 2.21. The summed E-state index contributed by atoms with van der Waals surface area (Å²) in [5, 5.41) is 8.59. The Kier molecular flexibility index (Phi) is 7.08. The Hall–Kier alpha value is -3.42. The monoisotopic (exact) mass is 389 g/mol. The lowest BCUT2D eigenvalue weighted by Crippen LogP contribution is -2.26. The van der Waals surface area contributed by atoms with Crippen molar-refractivity contribution in [2.75, 3.05) is 25.7 Å². The molecule has 0 aliphatic carbocycles. The van der Waals surface area contributed by atoms with Crippen LogP contribution in [0.1, 0.15) is 23.2 Å². The Balaban J connectivity index is 1.92. The van der Waals surface area contributed by atoms with E-state index in [-0.39, 0.29) is 35.8 Å². The first kappa shape index (κ1) is 20.9. The van der Waals surface area contributed by atoms with Gasteiger partial charge in [0.25, 0.3) is 0 Å². The third kappa shape index (κ3) is 5.54. The predicted molar refractivity (Wildman–Crippen MR) is 99.5 cm³/mol. The van der Waals surface area contributed by atoms with E-state index in [1.54, 1.807) is 31.3 Å². The van der Waals surface area contributed by atoms with E-state index in [0.29, 0.717) is 11.4 Å². The number of methoxy groups -OCH3 is 1. The number of benzene rings is 2. The van der Waals surface area contributed by atoms with Crippen LogP contribution in [0.3, 0.4) is 0 Å².